The summed E-state index contributed by atoms with van der Waals surface area (Å²) in [6.07, 6.45) is -12.4. The van der Waals surface area contributed by atoms with Crippen LogP contribution in [0, 0.1) is 5.92 Å². The van der Waals surface area contributed by atoms with Gasteiger partial charge in [0.15, 0.2) is 6.29 Å². The van der Waals surface area contributed by atoms with Gasteiger partial charge in [-0.1, -0.05) is 52.0 Å². The fourth-order valence-electron chi connectivity index (χ4n) is 2.58. The van der Waals surface area contributed by atoms with Gasteiger partial charge >= 0.3 is 12.4 Å². The predicted octanol–water partition coefficient (Wildman–Crippen LogP) is 6.56. The fourth-order valence-corrected chi connectivity index (χ4v) is 2.58. The molecule has 0 aromatic heterocycles. The summed E-state index contributed by atoms with van der Waals surface area (Å²) in [4.78, 5) is 0. The minimum Gasteiger partial charge on any atom is -0.353 e. The van der Waals surface area contributed by atoms with Gasteiger partial charge in [0.25, 0.3) is 5.60 Å². The summed E-state index contributed by atoms with van der Waals surface area (Å²) in [5.74, 6) is -0.0588. The topological polar surface area (TPSA) is 18.5 Å². The number of hydrogen-bond donors (Lipinski definition) is 0. The molecule has 0 N–H and O–H groups in total. The third-order valence-corrected chi connectivity index (χ3v) is 4.30. The Balaban J connectivity index is 3.40. The van der Waals surface area contributed by atoms with Crippen LogP contribution in [0.5, 0.6) is 0 Å². The standard InChI is InChI=1S/C19H26F6O2/c1-6-13(4)15-7-9-16(10-8-15)17(18(20,21)22,19(23,24)25)27-14(5)26-11-12(2)3/h7-10,12-14H,6,11H2,1-5H3. The molecule has 0 spiro atoms. The van der Waals surface area contributed by atoms with Crippen molar-refractivity contribution in [2.45, 2.75) is 71.2 Å². The van der Waals surface area contributed by atoms with Gasteiger partial charge in [-0.25, -0.2) is 0 Å². The molecule has 156 valence electrons. The average molecular weight is 400 g/mol. The Kier molecular flexibility index (Phi) is 7.76. The molecule has 0 aliphatic carbocycles. The fraction of sp³-hybridized carbons (Fsp3) is 0.684. The zero-order valence-electron chi connectivity index (χ0n) is 16.0. The van der Waals surface area contributed by atoms with Crippen LogP contribution in [-0.4, -0.2) is 25.2 Å². The first-order chi connectivity index (χ1) is 12.3. The highest BCUT2D eigenvalue weighted by molar-refractivity contribution is 5.32. The number of rotatable bonds is 8. The quantitative estimate of drug-likeness (QED) is 0.364. The molecule has 0 heterocycles. The monoisotopic (exact) mass is 400 g/mol. The summed E-state index contributed by atoms with van der Waals surface area (Å²) in [5.41, 5.74) is -4.83. The molecule has 8 heteroatoms. The maximum atomic E-state index is 13.7. The Bertz CT molecular complexity index is 563. The van der Waals surface area contributed by atoms with E-state index < -0.39 is 29.8 Å². The summed E-state index contributed by atoms with van der Waals surface area (Å²) in [6.45, 7) is 8.17. The smallest absolute Gasteiger partial charge is 0.353 e. The highest BCUT2D eigenvalue weighted by Crippen LogP contribution is 2.53. The van der Waals surface area contributed by atoms with Crippen LogP contribution in [0.1, 0.15) is 58.1 Å². The summed E-state index contributed by atoms with van der Waals surface area (Å²) in [5, 5.41) is 0. The molecule has 1 aromatic carbocycles. The third-order valence-electron chi connectivity index (χ3n) is 4.30. The van der Waals surface area contributed by atoms with Gasteiger partial charge in [-0.2, -0.15) is 26.3 Å². The molecule has 0 fully saturated rings. The highest BCUT2D eigenvalue weighted by atomic mass is 19.4. The largest absolute Gasteiger partial charge is 0.430 e. The summed E-state index contributed by atoms with van der Waals surface area (Å²) >= 11 is 0. The van der Waals surface area contributed by atoms with E-state index in [4.69, 9.17) is 4.74 Å². The maximum absolute atomic E-state index is 13.7. The molecule has 1 aromatic rings. The van der Waals surface area contributed by atoms with Crippen molar-refractivity contribution in [2.75, 3.05) is 6.61 Å². The van der Waals surface area contributed by atoms with Crippen LogP contribution in [0.4, 0.5) is 26.3 Å². The average Bonchev–Trinajstić information content (AvgIpc) is 2.55. The second-order valence-corrected chi connectivity index (χ2v) is 7.02. The SMILES string of the molecule is CCC(C)c1ccc(C(OC(C)OCC(C)C)(C(F)(F)F)C(F)(F)F)cc1. The van der Waals surface area contributed by atoms with Crippen LogP contribution in [0.25, 0.3) is 0 Å². The lowest BCUT2D eigenvalue weighted by molar-refractivity contribution is -0.415. The highest BCUT2D eigenvalue weighted by Gasteiger charge is 2.74. The van der Waals surface area contributed by atoms with Crippen LogP contribution in [0.2, 0.25) is 0 Å². The molecule has 0 radical (unpaired) electrons. The van der Waals surface area contributed by atoms with E-state index in [1.165, 1.54) is 12.1 Å². The van der Waals surface area contributed by atoms with E-state index in [1.807, 2.05) is 13.8 Å². The maximum Gasteiger partial charge on any atom is 0.430 e. The Morgan fingerprint density at radius 2 is 1.33 bits per heavy atom. The second-order valence-electron chi connectivity index (χ2n) is 7.02. The first kappa shape index (κ1) is 23.8. The number of alkyl halides is 6. The minimum absolute atomic E-state index is 0.0134. The summed E-state index contributed by atoms with van der Waals surface area (Å²) in [6, 6.07) is 4.22. The molecule has 27 heavy (non-hydrogen) atoms. The Labute approximate surface area is 155 Å². The number of benzene rings is 1. The van der Waals surface area contributed by atoms with Crippen molar-refractivity contribution in [1.82, 2.24) is 0 Å². The summed E-state index contributed by atoms with van der Waals surface area (Å²) < 4.78 is 92.0. The zero-order valence-corrected chi connectivity index (χ0v) is 16.0. The van der Waals surface area contributed by atoms with E-state index in [1.54, 1.807) is 13.8 Å². The first-order valence-electron chi connectivity index (χ1n) is 8.79. The lowest BCUT2D eigenvalue weighted by Crippen LogP contribution is -2.57. The number of halogens is 6. The van der Waals surface area contributed by atoms with Gasteiger partial charge in [-0.15, -0.1) is 0 Å². The van der Waals surface area contributed by atoms with E-state index in [-0.39, 0.29) is 18.4 Å². The van der Waals surface area contributed by atoms with Gasteiger partial charge < -0.3 is 9.47 Å². The van der Waals surface area contributed by atoms with Crippen LogP contribution >= 0.6 is 0 Å². The Morgan fingerprint density at radius 1 is 0.852 bits per heavy atom. The van der Waals surface area contributed by atoms with Gasteiger partial charge in [0, 0.05) is 5.56 Å². The first-order valence-corrected chi connectivity index (χ1v) is 8.79. The predicted molar refractivity (Wildman–Crippen MR) is 90.3 cm³/mol. The van der Waals surface area contributed by atoms with Crippen LogP contribution in [0.3, 0.4) is 0 Å². The van der Waals surface area contributed by atoms with E-state index in [2.05, 4.69) is 4.74 Å². The van der Waals surface area contributed by atoms with Gasteiger partial charge in [-0.05, 0) is 30.7 Å². The lowest BCUT2D eigenvalue weighted by Gasteiger charge is -2.39. The molecule has 0 bridgehead atoms. The molecule has 0 aliphatic heterocycles. The van der Waals surface area contributed by atoms with Crippen molar-refractivity contribution in [3.63, 3.8) is 0 Å². The molecule has 1 rings (SSSR count). The zero-order chi connectivity index (χ0) is 21.0. The second kappa shape index (κ2) is 8.82. The van der Waals surface area contributed by atoms with Crippen molar-refractivity contribution in [1.29, 1.82) is 0 Å². The van der Waals surface area contributed by atoms with E-state index in [0.717, 1.165) is 19.1 Å². The van der Waals surface area contributed by atoms with Gasteiger partial charge in [0.1, 0.15) is 0 Å². The number of hydrogen-bond acceptors (Lipinski definition) is 2. The van der Waals surface area contributed by atoms with Crippen molar-refractivity contribution >= 4 is 0 Å². The normalized spacial score (nSPS) is 15.9. The molecule has 0 saturated heterocycles. The Morgan fingerprint density at radius 3 is 1.70 bits per heavy atom. The lowest BCUT2D eigenvalue weighted by atomic mass is 9.89. The molecule has 0 amide bonds. The van der Waals surface area contributed by atoms with Crippen molar-refractivity contribution in [3.05, 3.63) is 35.4 Å². The van der Waals surface area contributed by atoms with Gasteiger partial charge in [0.2, 0.25) is 0 Å². The Hall–Kier alpha value is -1.28. The molecule has 0 aliphatic rings. The van der Waals surface area contributed by atoms with Crippen LogP contribution < -0.4 is 0 Å². The van der Waals surface area contributed by atoms with Crippen LogP contribution in [0.15, 0.2) is 24.3 Å². The van der Waals surface area contributed by atoms with E-state index in [0.29, 0.717) is 12.0 Å². The van der Waals surface area contributed by atoms with E-state index in [9.17, 15) is 26.3 Å². The molecule has 0 saturated carbocycles. The molecule has 2 unspecified atom stereocenters. The van der Waals surface area contributed by atoms with Gasteiger partial charge in [-0.3, -0.25) is 0 Å². The van der Waals surface area contributed by atoms with Crippen molar-refractivity contribution in [3.8, 4) is 0 Å². The minimum atomic E-state index is -5.72. The number of ether oxygens (including phenoxy) is 2. The third kappa shape index (κ3) is 5.38. The van der Waals surface area contributed by atoms with Crippen molar-refractivity contribution < 1.29 is 35.8 Å². The van der Waals surface area contributed by atoms with Crippen molar-refractivity contribution in [2.24, 2.45) is 5.92 Å². The molecule has 2 nitrogen and oxygen atoms in total. The van der Waals surface area contributed by atoms with Gasteiger partial charge in [0.05, 0.1) is 6.61 Å². The molecular formula is C19H26F6O2. The van der Waals surface area contributed by atoms with E-state index >= 15 is 0 Å². The molecular weight excluding hydrogens is 374 g/mol. The summed E-state index contributed by atoms with van der Waals surface area (Å²) in [7, 11) is 0. The molecule has 2 atom stereocenters. The van der Waals surface area contributed by atoms with Crippen LogP contribution in [-0.2, 0) is 15.1 Å².